The summed E-state index contributed by atoms with van der Waals surface area (Å²) < 4.78 is 16.8. The molecule has 142 valence electrons. The summed E-state index contributed by atoms with van der Waals surface area (Å²) in [5.74, 6) is 1.85. The minimum Gasteiger partial charge on any atom is -0.493 e. The SMILES string of the molecule is COCCN1C(=O)C(=Cc2ccc(OCCC(C)C)c(OC)c2)SC1=S. The predicted octanol–water partition coefficient (Wildman–Crippen LogP) is 3.97. The summed E-state index contributed by atoms with van der Waals surface area (Å²) in [6.45, 7) is 5.88. The number of hydrogen-bond donors (Lipinski definition) is 0. The zero-order valence-electron chi connectivity index (χ0n) is 15.6. The number of ether oxygens (including phenoxy) is 3. The molecule has 5 nitrogen and oxygen atoms in total. The first-order valence-corrected chi connectivity index (χ1v) is 9.74. The first kappa shape index (κ1) is 20.7. The van der Waals surface area contributed by atoms with Crippen LogP contribution in [0.4, 0.5) is 0 Å². The minimum atomic E-state index is -0.0896. The third-order valence-corrected chi connectivity index (χ3v) is 5.21. The highest BCUT2D eigenvalue weighted by atomic mass is 32.2. The Bertz CT molecular complexity index is 688. The highest BCUT2D eigenvalue weighted by molar-refractivity contribution is 8.26. The van der Waals surface area contributed by atoms with E-state index < -0.39 is 0 Å². The summed E-state index contributed by atoms with van der Waals surface area (Å²) in [5.41, 5.74) is 0.866. The Kier molecular flexibility index (Phi) is 7.93. The van der Waals surface area contributed by atoms with Crippen molar-refractivity contribution in [2.45, 2.75) is 20.3 Å². The molecular weight excluding hydrogens is 370 g/mol. The third kappa shape index (κ3) is 5.46. The predicted molar refractivity (Wildman–Crippen MR) is 110 cm³/mol. The largest absolute Gasteiger partial charge is 0.493 e. The summed E-state index contributed by atoms with van der Waals surface area (Å²) in [7, 11) is 3.21. The number of benzene rings is 1. The van der Waals surface area contributed by atoms with E-state index in [-0.39, 0.29) is 5.91 Å². The summed E-state index contributed by atoms with van der Waals surface area (Å²) in [6, 6.07) is 5.65. The van der Waals surface area contributed by atoms with E-state index in [0.29, 0.717) is 46.4 Å². The van der Waals surface area contributed by atoms with Gasteiger partial charge in [0.1, 0.15) is 4.32 Å². The average molecular weight is 396 g/mol. The molecule has 1 fully saturated rings. The number of thioether (sulfide) groups is 1. The lowest BCUT2D eigenvalue weighted by Crippen LogP contribution is -2.31. The molecule has 1 amide bonds. The average Bonchev–Trinajstić information content (AvgIpc) is 2.87. The zero-order valence-corrected chi connectivity index (χ0v) is 17.2. The molecule has 1 aromatic rings. The fourth-order valence-corrected chi connectivity index (χ4v) is 3.63. The lowest BCUT2D eigenvalue weighted by atomic mass is 10.1. The summed E-state index contributed by atoms with van der Waals surface area (Å²) in [6.07, 6.45) is 2.81. The van der Waals surface area contributed by atoms with Gasteiger partial charge in [0, 0.05) is 7.11 Å². The molecule has 0 aliphatic carbocycles. The minimum absolute atomic E-state index is 0.0896. The smallest absolute Gasteiger partial charge is 0.266 e. The highest BCUT2D eigenvalue weighted by Gasteiger charge is 2.31. The monoisotopic (exact) mass is 395 g/mol. The number of methoxy groups -OCH3 is 2. The van der Waals surface area contributed by atoms with Crippen molar-refractivity contribution < 1.29 is 19.0 Å². The number of carbonyl (C=O) groups excluding carboxylic acids is 1. The molecule has 2 rings (SSSR count). The van der Waals surface area contributed by atoms with E-state index in [0.717, 1.165) is 12.0 Å². The van der Waals surface area contributed by atoms with E-state index in [9.17, 15) is 4.79 Å². The van der Waals surface area contributed by atoms with Crippen molar-refractivity contribution in [1.29, 1.82) is 0 Å². The van der Waals surface area contributed by atoms with Gasteiger partial charge in [-0.1, -0.05) is 43.9 Å². The van der Waals surface area contributed by atoms with Gasteiger partial charge < -0.3 is 14.2 Å². The van der Waals surface area contributed by atoms with Gasteiger partial charge in [0.05, 0.1) is 31.8 Å². The Hall–Kier alpha value is -1.57. The first-order chi connectivity index (χ1) is 12.5. The Morgan fingerprint density at radius 1 is 1.23 bits per heavy atom. The zero-order chi connectivity index (χ0) is 19.1. The van der Waals surface area contributed by atoms with Gasteiger partial charge >= 0.3 is 0 Å². The van der Waals surface area contributed by atoms with E-state index in [1.165, 1.54) is 11.8 Å². The van der Waals surface area contributed by atoms with Crippen LogP contribution in [0.5, 0.6) is 11.5 Å². The van der Waals surface area contributed by atoms with Gasteiger partial charge in [-0.2, -0.15) is 0 Å². The van der Waals surface area contributed by atoms with Crippen molar-refractivity contribution in [3.8, 4) is 11.5 Å². The standard InChI is InChI=1S/C19H25NO4S2/c1-13(2)7-9-24-15-6-5-14(11-16(15)23-4)12-17-18(21)20(8-10-22-3)19(25)26-17/h5-6,11-13H,7-10H2,1-4H3. The maximum atomic E-state index is 12.5. The van der Waals surface area contributed by atoms with E-state index in [1.807, 2.05) is 24.3 Å². The Balaban J connectivity index is 2.12. The molecule has 1 aliphatic rings. The second-order valence-corrected chi connectivity index (χ2v) is 7.94. The molecule has 0 radical (unpaired) electrons. The first-order valence-electron chi connectivity index (χ1n) is 8.51. The van der Waals surface area contributed by atoms with Crippen LogP contribution < -0.4 is 9.47 Å². The van der Waals surface area contributed by atoms with Crippen LogP contribution in [-0.4, -0.2) is 49.1 Å². The number of rotatable bonds is 9. The number of thiocarbonyl (C=S) groups is 1. The van der Waals surface area contributed by atoms with E-state index in [1.54, 1.807) is 19.1 Å². The molecule has 0 bridgehead atoms. The van der Waals surface area contributed by atoms with Crippen LogP contribution >= 0.6 is 24.0 Å². The molecule has 0 spiro atoms. The van der Waals surface area contributed by atoms with Gasteiger partial charge in [0.25, 0.3) is 5.91 Å². The quantitative estimate of drug-likeness (QED) is 0.466. The van der Waals surface area contributed by atoms with Gasteiger partial charge in [-0.3, -0.25) is 9.69 Å². The topological polar surface area (TPSA) is 48.0 Å². The summed E-state index contributed by atoms with van der Waals surface area (Å²) in [4.78, 5) is 14.7. The molecule has 0 N–H and O–H groups in total. The molecule has 0 unspecified atom stereocenters. The fourth-order valence-electron chi connectivity index (χ4n) is 2.32. The van der Waals surface area contributed by atoms with Crippen molar-refractivity contribution >= 4 is 40.3 Å². The highest BCUT2D eigenvalue weighted by Crippen LogP contribution is 2.34. The molecule has 7 heteroatoms. The number of hydrogen-bond acceptors (Lipinski definition) is 6. The van der Waals surface area contributed by atoms with Crippen molar-refractivity contribution in [3.63, 3.8) is 0 Å². The molecule has 1 aromatic carbocycles. The van der Waals surface area contributed by atoms with Crippen LogP contribution in [0.1, 0.15) is 25.8 Å². The van der Waals surface area contributed by atoms with Crippen LogP contribution in [0.2, 0.25) is 0 Å². The summed E-state index contributed by atoms with van der Waals surface area (Å²) >= 11 is 6.59. The second kappa shape index (κ2) is 9.94. The van der Waals surface area contributed by atoms with Crippen molar-refractivity contribution in [1.82, 2.24) is 4.90 Å². The molecular formula is C19H25NO4S2. The van der Waals surface area contributed by atoms with Crippen LogP contribution in [0, 0.1) is 5.92 Å². The van der Waals surface area contributed by atoms with Crippen molar-refractivity contribution in [3.05, 3.63) is 28.7 Å². The van der Waals surface area contributed by atoms with Crippen molar-refractivity contribution in [2.24, 2.45) is 5.92 Å². The molecule has 1 heterocycles. The van der Waals surface area contributed by atoms with E-state index >= 15 is 0 Å². The number of carbonyl (C=O) groups is 1. The molecule has 1 aliphatic heterocycles. The Morgan fingerprint density at radius 2 is 2.00 bits per heavy atom. The molecule has 0 atom stereocenters. The van der Waals surface area contributed by atoms with Gasteiger partial charge in [0.2, 0.25) is 0 Å². The Labute approximate surface area is 164 Å². The molecule has 1 saturated heterocycles. The van der Waals surface area contributed by atoms with Crippen LogP contribution in [0.25, 0.3) is 6.08 Å². The fraction of sp³-hybridized carbons (Fsp3) is 0.474. The third-order valence-electron chi connectivity index (χ3n) is 3.83. The van der Waals surface area contributed by atoms with E-state index in [4.69, 9.17) is 26.4 Å². The Morgan fingerprint density at radius 3 is 2.65 bits per heavy atom. The van der Waals surface area contributed by atoms with Gasteiger partial charge in [-0.15, -0.1) is 0 Å². The lowest BCUT2D eigenvalue weighted by Gasteiger charge is -2.13. The molecule has 0 saturated carbocycles. The maximum Gasteiger partial charge on any atom is 0.266 e. The number of amides is 1. The maximum absolute atomic E-state index is 12.5. The van der Waals surface area contributed by atoms with Gasteiger partial charge in [-0.25, -0.2) is 0 Å². The van der Waals surface area contributed by atoms with E-state index in [2.05, 4.69) is 13.8 Å². The number of nitrogens with zero attached hydrogens (tertiary/aromatic N) is 1. The van der Waals surface area contributed by atoms with Crippen LogP contribution in [0.3, 0.4) is 0 Å². The van der Waals surface area contributed by atoms with Crippen LogP contribution in [-0.2, 0) is 9.53 Å². The van der Waals surface area contributed by atoms with Crippen molar-refractivity contribution in [2.75, 3.05) is 34.0 Å². The molecule has 0 aromatic heterocycles. The second-order valence-electron chi connectivity index (χ2n) is 6.27. The van der Waals surface area contributed by atoms with Gasteiger partial charge in [-0.05, 0) is 36.1 Å². The molecule has 26 heavy (non-hydrogen) atoms. The van der Waals surface area contributed by atoms with Crippen LogP contribution in [0.15, 0.2) is 23.1 Å². The normalized spacial score (nSPS) is 16.0. The summed E-state index contributed by atoms with van der Waals surface area (Å²) in [5, 5.41) is 0. The van der Waals surface area contributed by atoms with Gasteiger partial charge in [0.15, 0.2) is 11.5 Å². The lowest BCUT2D eigenvalue weighted by molar-refractivity contribution is -0.122.